The van der Waals surface area contributed by atoms with E-state index in [0.717, 1.165) is 17.7 Å². The molecule has 5 nitrogen and oxygen atoms in total. The highest BCUT2D eigenvalue weighted by atomic mass is 16.5. The molecule has 1 fully saturated rings. The van der Waals surface area contributed by atoms with Crippen molar-refractivity contribution in [2.75, 3.05) is 25.1 Å². The van der Waals surface area contributed by atoms with Gasteiger partial charge in [0.15, 0.2) is 0 Å². The van der Waals surface area contributed by atoms with Crippen molar-refractivity contribution in [3.63, 3.8) is 0 Å². The number of ether oxygens (including phenoxy) is 1. The van der Waals surface area contributed by atoms with Crippen LogP contribution in [0.5, 0.6) is 5.75 Å². The third-order valence-electron chi connectivity index (χ3n) is 4.92. The number of methoxy groups -OCH3 is 1. The first-order valence-corrected chi connectivity index (χ1v) is 8.91. The van der Waals surface area contributed by atoms with Gasteiger partial charge in [0.1, 0.15) is 11.8 Å². The summed E-state index contributed by atoms with van der Waals surface area (Å²) in [5.41, 5.74) is 2.56. The fraction of sp³-hybridized carbons (Fsp3) is 0.333. The lowest BCUT2D eigenvalue weighted by Crippen LogP contribution is -2.58. The van der Waals surface area contributed by atoms with Gasteiger partial charge < -0.3 is 14.5 Å². The van der Waals surface area contributed by atoms with Crippen molar-refractivity contribution in [2.24, 2.45) is 0 Å². The number of aryl methyl sites for hydroxylation is 1. The maximum atomic E-state index is 13.0. The van der Waals surface area contributed by atoms with Crippen LogP contribution in [0.25, 0.3) is 0 Å². The molecule has 2 aromatic carbocycles. The largest absolute Gasteiger partial charge is 0.496 e. The standard InChI is InChI=1S/C21H24N2O3/c1-4-16-9-5-7-11-18(16)23-14-13-22(15(2)20(23)24)21(25)17-10-6-8-12-19(17)26-3/h5-12,15H,4,13-14H2,1-3H3/t15-/m0/s1. The number of rotatable bonds is 4. The third-order valence-corrected chi connectivity index (χ3v) is 4.92. The minimum absolute atomic E-state index is 0.0552. The minimum atomic E-state index is -0.522. The molecule has 1 heterocycles. The van der Waals surface area contributed by atoms with Gasteiger partial charge in [0, 0.05) is 18.8 Å². The molecule has 1 aliphatic rings. The molecule has 1 aliphatic heterocycles. The maximum absolute atomic E-state index is 13.0. The van der Waals surface area contributed by atoms with Gasteiger partial charge in [0.05, 0.1) is 12.7 Å². The van der Waals surface area contributed by atoms with Gasteiger partial charge in [-0.05, 0) is 37.1 Å². The minimum Gasteiger partial charge on any atom is -0.496 e. The predicted octanol–water partition coefficient (Wildman–Crippen LogP) is 3.14. The van der Waals surface area contributed by atoms with E-state index in [4.69, 9.17) is 4.74 Å². The Hall–Kier alpha value is -2.82. The molecule has 0 N–H and O–H groups in total. The third kappa shape index (κ3) is 3.17. The molecule has 0 bridgehead atoms. The Bertz CT molecular complexity index is 818. The van der Waals surface area contributed by atoms with Crippen LogP contribution in [0.2, 0.25) is 0 Å². The zero-order valence-corrected chi connectivity index (χ0v) is 15.4. The summed E-state index contributed by atoms with van der Waals surface area (Å²) < 4.78 is 5.30. The molecule has 2 aromatic rings. The molecular weight excluding hydrogens is 328 g/mol. The second-order valence-corrected chi connectivity index (χ2v) is 6.35. The van der Waals surface area contributed by atoms with Gasteiger partial charge in [0.25, 0.3) is 5.91 Å². The zero-order chi connectivity index (χ0) is 18.7. The number of benzene rings is 2. The number of amides is 2. The Balaban J connectivity index is 1.85. The summed E-state index contributed by atoms with van der Waals surface area (Å²) >= 11 is 0. The highest BCUT2D eigenvalue weighted by molar-refractivity contribution is 6.04. The first-order chi connectivity index (χ1) is 12.6. The quantitative estimate of drug-likeness (QED) is 0.849. The second kappa shape index (κ2) is 7.60. The van der Waals surface area contributed by atoms with Crippen molar-refractivity contribution in [1.82, 2.24) is 4.90 Å². The van der Waals surface area contributed by atoms with Gasteiger partial charge in [-0.25, -0.2) is 0 Å². The van der Waals surface area contributed by atoms with Gasteiger partial charge >= 0.3 is 0 Å². The summed E-state index contributed by atoms with van der Waals surface area (Å²) in [4.78, 5) is 29.4. The normalized spacial score (nSPS) is 17.3. The summed E-state index contributed by atoms with van der Waals surface area (Å²) in [5, 5.41) is 0. The molecule has 5 heteroatoms. The first kappa shape index (κ1) is 18.0. The van der Waals surface area contributed by atoms with Crippen LogP contribution in [-0.2, 0) is 11.2 Å². The fourth-order valence-electron chi connectivity index (χ4n) is 3.44. The Morgan fingerprint density at radius 3 is 2.54 bits per heavy atom. The van der Waals surface area contributed by atoms with Gasteiger partial charge in [0.2, 0.25) is 5.91 Å². The van der Waals surface area contributed by atoms with E-state index < -0.39 is 6.04 Å². The van der Waals surface area contributed by atoms with Gasteiger partial charge in [-0.3, -0.25) is 9.59 Å². The molecule has 0 radical (unpaired) electrons. The van der Waals surface area contributed by atoms with Crippen molar-refractivity contribution in [3.8, 4) is 5.75 Å². The molecule has 0 aromatic heterocycles. The number of carbonyl (C=O) groups excluding carboxylic acids is 2. The first-order valence-electron chi connectivity index (χ1n) is 8.91. The van der Waals surface area contributed by atoms with Crippen molar-refractivity contribution < 1.29 is 14.3 Å². The van der Waals surface area contributed by atoms with Gasteiger partial charge in [-0.1, -0.05) is 37.3 Å². The van der Waals surface area contributed by atoms with E-state index in [1.165, 1.54) is 0 Å². The molecule has 0 aliphatic carbocycles. The number of carbonyl (C=O) groups is 2. The molecule has 0 unspecified atom stereocenters. The summed E-state index contributed by atoms with van der Waals surface area (Å²) in [5.74, 6) is 0.294. The molecule has 3 rings (SSSR count). The van der Waals surface area contributed by atoms with E-state index in [1.807, 2.05) is 30.3 Å². The van der Waals surface area contributed by atoms with Crippen molar-refractivity contribution in [3.05, 3.63) is 59.7 Å². The van der Waals surface area contributed by atoms with E-state index >= 15 is 0 Å². The summed E-state index contributed by atoms with van der Waals surface area (Å²) in [7, 11) is 1.54. The number of hydrogen-bond acceptors (Lipinski definition) is 3. The van der Waals surface area contributed by atoms with Crippen LogP contribution in [0.4, 0.5) is 5.69 Å². The van der Waals surface area contributed by atoms with Gasteiger partial charge in [-0.15, -0.1) is 0 Å². The van der Waals surface area contributed by atoms with Crippen molar-refractivity contribution in [2.45, 2.75) is 26.3 Å². The highest BCUT2D eigenvalue weighted by Gasteiger charge is 2.36. The monoisotopic (exact) mass is 352 g/mol. The highest BCUT2D eigenvalue weighted by Crippen LogP contribution is 2.27. The number of piperazine rings is 1. The number of nitrogens with zero attached hydrogens (tertiary/aromatic N) is 2. The van der Waals surface area contributed by atoms with Crippen LogP contribution in [0.15, 0.2) is 48.5 Å². The zero-order valence-electron chi connectivity index (χ0n) is 15.4. The average Bonchev–Trinajstić information content (AvgIpc) is 2.69. The van der Waals surface area contributed by atoms with Crippen LogP contribution >= 0.6 is 0 Å². The van der Waals surface area contributed by atoms with Crippen LogP contribution in [0.3, 0.4) is 0 Å². The molecule has 1 saturated heterocycles. The van der Waals surface area contributed by atoms with Gasteiger partial charge in [-0.2, -0.15) is 0 Å². The van der Waals surface area contributed by atoms with Crippen LogP contribution in [0, 0.1) is 0 Å². The van der Waals surface area contributed by atoms with Crippen molar-refractivity contribution >= 4 is 17.5 Å². The molecule has 0 saturated carbocycles. The topological polar surface area (TPSA) is 49.9 Å². The fourth-order valence-corrected chi connectivity index (χ4v) is 3.44. The van der Waals surface area contributed by atoms with E-state index in [2.05, 4.69) is 6.92 Å². The van der Waals surface area contributed by atoms with E-state index in [1.54, 1.807) is 42.0 Å². The Morgan fingerprint density at radius 1 is 1.12 bits per heavy atom. The summed E-state index contributed by atoms with van der Waals surface area (Å²) in [6, 6.07) is 14.5. The van der Waals surface area contributed by atoms with Crippen molar-refractivity contribution in [1.29, 1.82) is 0 Å². The lowest BCUT2D eigenvalue weighted by Gasteiger charge is -2.39. The smallest absolute Gasteiger partial charge is 0.258 e. The van der Waals surface area contributed by atoms with Crippen LogP contribution in [0.1, 0.15) is 29.8 Å². The summed E-state index contributed by atoms with van der Waals surface area (Å²) in [6.45, 7) is 4.84. The lowest BCUT2D eigenvalue weighted by molar-refractivity contribution is -0.124. The van der Waals surface area contributed by atoms with E-state index in [0.29, 0.717) is 24.4 Å². The molecule has 26 heavy (non-hydrogen) atoms. The Labute approximate surface area is 154 Å². The Kier molecular flexibility index (Phi) is 5.26. The maximum Gasteiger partial charge on any atom is 0.258 e. The predicted molar refractivity (Wildman–Crippen MR) is 102 cm³/mol. The lowest BCUT2D eigenvalue weighted by atomic mass is 10.0. The average molecular weight is 352 g/mol. The number of para-hydroxylation sites is 2. The molecule has 136 valence electrons. The molecule has 0 spiro atoms. The second-order valence-electron chi connectivity index (χ2n) is 6.35. The van der Waals surface area contributed by atoms with E-state index in [9.17, 15) is 9.59 Å². The molecular formula is C21H24N2O3. The number of hydrogen-bond donors (Lipinski definition) is 0. The molecule has 1 atom stereocenters. The van der Waals surface area contributed by atoms with E-state index in [-0.39, 0.29) is 11.8 Å². The molecule has 2 amide bonds. The summed E-state index contributed by atoms with van der Waals surface area (Å²) in [6.07, 6.45) is 0.859. The Morgan fingerprint density at radius 2 is 1.81 bits per heavy atom. The number of anilines is 1. The van der Waals surface area contributed by atoms with Crippen LogP contribution < -0.4 is 9.64 Å². The van der Waals surface area contributed by atoms with Crippen LogP contribution in [-0.4, -0.2) is 43.0 Å². The SMILES string of the molecule is CCc1ccccc1N1CCN(C(=O)c2ccccc2OC)[C@@H](C)C1=O.